The minimum Gasteiger partial charge on any atom is -0.334 e. The van der Waals surface area contributed by atoms with Crippen molar-refractivity contribution in [3.63, 3.8) is 0 Å². The van der Waals surface area contributed by atoms with Crippen LogP contribution in [0.15, 0.2) is 36.4 Å². The van der Waals surface area contributed by atoms with Gasteiger partial charge in [0.15, 0.2) is 5.82 Å². The number of carbonyl (C=O) groups excluding carboxylic acids is 1. The molecule has 2 heterocycles. The fourth-order valence-corrected chi connectivity index (χ4v) is 2.68. The highest BCUT2D eigenvalue weighted by Crippen LogP contribution is 2.14. The Balaban J connectivity index is 1.61. The minimum absolute atomic E-state index is 0.227. The first-order valence-corrected chi connectivity index (χ1v) is 8.62. The second-order valence-corrected chi connectivity index (χ2v) is 6.35. The van der Waals surface area contributed by atoms with Gasteiger partial charge in [0.1, 0.15) is 11.0 Å². The van der Waals surface area contributed by atoms with Crippen LogP contribution in [0.25, 0.3) is 0 Å². The summed E-state index contributed by atoms with van der Waals surface area (Å²) >= 11 is 5.82. The molecule has 0 bridgehead atoms. The van der Waals surface area contributed by atoms with E-state index < -0.39 is 6.03 Å². The van der Waals surface area contributed by atoms with Gasteiger partial charge in [-0.1, -0.05) is 41.1 Å². The van der Waals surface area contributed by atoms with Crippen molar-refractivity contribution in [1.29, 1.82) is 0 Å². The Morgan fingerprint density at radius 3 is 2.70 bits per heavy atom. The lowest BCUT2D eigenvalue weighted by Crippen LogP contribution is -2.29. The van der Waals surface area contributed by atoms with Crippen LogP contribution in [-0.2, 0) is 13.1 Å². The van der Waals surface area contributed by atoms with Crippen LogP contribution in [0.2, 0.25) is 5.15 Å². The molecule has 0 atom stereocenters. The summed E-state index contributed by atoms with van der Waals surface area (Å²) in [7, 11) is 0. The van der Waals surface area contributed by atoms with Crippen LogP contribution in [0.3, 0.4) is 0 Å². The molecular weight excluding hydrogens is 371 g/mol. The van der Waals surface area contributed by atoms with Crippen molar-refractivity contribution in [2.24, 2.45) is 0 Å². The highest BCUT2D eigenvalue weighted by molar-refractivity contribution is 6.29. The molecular formula is C18H18ClFN6O. The van der Waals surface area contributed by atoms with Crippen LogP contribution >= 0.6 is 11.6 Å². The molecule has 0 radical (unpaired) electrons. The number of hydrogen-bond donors (Lipinski definition) is 2. The lowest BCUT2D eigenvalue weighted by Gasteiger charge is -2.09. The number of hydrogen-bond acceptors (Lipinski definition) is 4. The van der Waals surface area contributed by atoms with Gasteiger partial charge in [-0.05, 0) is 31.5 Å². The van der Waals surface area contributed by atoms with Crippen molar-refractivity contribution in [1.82, 2.24) is 25.3 Å². The minimum atomic E-state index is -0.426. The smallest absolute Gasteiger partial charge is 0.320 e. The first-order valence-electron chi connectivity index (χ1n) is 8.24. The topological polar surface area (TPSA) is 84.7 Å². The molecule has 0 aliphatic carbocycles. The first kappa shape index (κ1) is 18.8. The van der Waals surface area contributed by atoms with E-state index in [4.69, 9.17) is 11.6 Å². The largest absolute Gasteiger partial charge is 0.334 e. The molecule has 2 N–H and O–H groups in total. The Hall–Kier alpha value is -3.00. The molecule has 2 aromatic heterocycles. The molecule has 140 valence electrons. The van der Waals surface area contributed by atoms with E-state index in [0.29, 0.717) is 28.8 Å². The maximum atomic E-state index is 13.8. The van der Waals surface area contributed by atoms with E-state index in [2.05, 4.69) is 25.9 Å². The number of aryl methyl sites for hydroxylation is 1. The SMILES string of the molecule is Cc1nc(Cl)ccc1CNC(=O)Nc1nnn(Cc2ccccc2F)c1C. The number of benzene rings is 1. The van der Waals surface area contributed by atoms with Crippen LogP contribution in [-0.4, -0.2) is 26.0 Å². The van der Waals surface area contributed by atoms with Gasteiger partial charge in [0.05, 0.1) is 12.2 Å². The fraction of sp³-hybridized carbons (Fsp3) is 0.222. The van der Waals surface area contributed by atoms with Crippen LogP contribution < -0.4 is 10.6 Å². The zero-order valence-corrected chi connectivity index (χ0v) is 15.6. The Morgan fingerprint density at radius 1 is 1.19 bits per heavy atom. The van der Waals surface area contributed by atoms with Crippen molar-refractivity contribution >= 4 is 23.4 Å². The van der Waals surface area contributed by atoms with E-state index in [9.17, 15) is 9.18 Å². The second kappa shape index (κ2) is 8.13. The lowest BCUT2D eigenvalue weighted by atomic mass is 10.2. The number of amides is 2. The molecule has 0 saturated heterocycles. The van der Waals surface area contributed by atoms with Gasteiger partial charge in [0.2, 0.25) is 0 Å². The number of urea groups is 1. The third-order valence-electron chi connectivity index (χ3n) is 4.09. The number of aromatic nitrogens is 4. The number of halogens is 2. The van der Waals surface area contributed by atoms with Crippen molar-refractivity contribution in [2.75, 3.05) is 5.32 Å². The van der Waals surface area contributed by atoms with Gasteiger partial charge in [-0.25, -0.2) is 18.9 Å². The quantitative estimate of drug-likeness (QED) is 0.655. The summed E-state index contributed by atoms with van der Waals surface area (Å²) in [6.07, 6.45) is 0. The van der Waals surface area contributed by atoms with Crippen LogP contribution in [0.5, 0.6) is 0 Å². The number of pyridine rings is 1. The summed E-state index contributed by atoms with van der Waals surface area (Å²) in [4.78, 5) is 16.3. The second-order valence-electron chi connectivity index (χ2n) is 5.96. The molecule has 9 heteroatoms. The fourth-order valence-electron chi connectivity index (χ4n) is 2.49. The molecule has 0 saturated carbocycles. The summed E-state index contributed by atoms with van der Waals surface area (Å²) < 4.78 is 15.3. The average molecular weight is 389 g/mol. The van der Waals surface area contributed by atoms with E-state index >= 15 is 0 Å². The molecule has 3 rings (SSSR count). The summed E-state index contributed by atoms with van der Waals surface area (Å²) in [5.41, 5.74) is 2.72. The Kier molecular flexibility index (Phi) is 5.66. The van der Waals surface area contributed by atoms with Gasteiger partial charge in [0.25, 0.3) is 0 Å². The Labute approximate surface area is 160 Å². The number of nitrogens with zero attached hydrogens (tertiary/aromatic N) is 4. The molecule has 3 aromatic rings. The highest BCUT2D eigenvalue weighted by Gasteiger charge is 2.13. The zero-order chi connectivity index (χ0) is 19.4. The van der Waals surface area contributed by atoms with Crippen LogP contribution in [0, 0.1) is 19.7 Å². The molecule has 0 aliphatic rings. The third-order valence-corrected chi connectivity index (χ3v) is 4.30. The number of nitrogens with one attached hydrogen (secondary N) is 2. The molecule has 1 aromatic carbocycles. The summed E-state index contributed by atoms with van der Waals surface area (Å²) in [5, 5.41) is 13.7. The summed E-state index contributed by atoms with van der Waals surface area (Å²) in [6, 6.07) is 9.50. The van der Waals surface area contributed by atoms with Gasteiger partial charge in [0, 0.05) is 17.8 Å². The monoisotopic (exact) mass is 388 g/mol. The lowest BCUT2D eigenvalue weighted by molar-refractivity contribution is 0.251. The first-order chi connectivity index (χ1) is 12.9. The maximum Gasteiger partial charge on any atom is 0.320 e. The van der Waals surface area contributed by atoms with Gasteiger partial charge in [-0.2, -0.15) is 0 Å². The molecule has 7 nitrogen and oxygen atoms in total. The zero-order valence-electron chi connectivity index (χ0n) is 14.8. The van der Waals surface area contributed by atoms with Gasteiger partial charge >= 0.3 is 6.03 Å². The molecule has 2 amide bonds. The van der Waals surface area contributed by atoms with E-state index in [-0.39, 0.29) is 12.4 Å². The summed E-state index contributed by atoms with van der Waals surface area (Å²) in [6.45, 7) is 4.09. The van der Waals surface area contributed by atoms with E-state index in [0.717, 1.165) is 11.3 Å². The normalized spacial score (nSPS) is 10.7. The number of anilines is 1. The summed E-state index contributed by atoms with van der Waals surface area (Å²) in [5.74, 6) is 0.00129. The van der Waals surface area contributed by atoms with Crippen molar-refractivity contribution in [3.05, 3.63) is 69.9 Å². The molecule has 0 fully saturated rings. The van der Waals surface area contributed by atoms with E-state index in [1.54, 1.807) is 37.3 Å². The third kappa shape index (κ3) is 4.59. The van der Waals surface area contributed by atoms with Crippen molar-refractivity contribution in [2.45, 2.75) is 26.9 Å². The van der Waals surface area contributed by atoms with Crippen molar-refractivity contribution < 1.29 is 9.18 Å². The number of rotatable bonds is 5. The Morgan fingerprint density at radius 2 is 1.96 bits per heavy atom. The van der Waals surface area contributed by atoms with Gasteiger partial charge in [-0.3, -0.25) is 5.32 Å². The standard InChI is InChI=1S/C18H18ClFN6O/c1-11-13(7-8-16(19)22-11)9-21-18(27)23-17-12(2)26(25-24-17)10-14-5-3-4-6-15(14)20/h3-8H,9-10H2,1-2H3,(H2,21,23,27). The van der Waals surface area contributed by atoms with Gasteiger partial charge < -0.3 is 5.32 Å². The maximum absolute atomic E-state index is 13.8. The molecule has 0 spiro atoms. The Bertz CT molecular complexity index is 974. The van der Waals surface area contributed by atoms with Crippen LogP contribution in [0.1, 0.15) is 22.5 Å². The average Bonchev–Trinajstić information content (AvgIpc) is 2.96. The van der Waals surface area contributed by atoms with E-state index in [1.807, 2.05) is 6.92 Å². The predicted octanol–water partition coefficient (Wildman–Crippen LogP) is 3.45. The van der Waals surface area contributed by atoms with Crippen LogP contribution in [0.4, 0.5) is 15.0 Å². The predicted molar refractivity (Wildman–Crippen MR) is 100 cm³/mol. The highest BCUT2D eigenvalue weighted by atomic mass is 35.5. The number of carbonyl (C=O) groups is 1. The van der Waals surface area contributed by atoms with E-state index in [1.165, 1.54) is 10.7 Å². The van der Waals surface area contributed by atoms with Crippen molar-refractivity contribution in [3.8, 4) is 0 Å². The van der Waals surface area contributed by atoms with Gasteiger partial charge in [-0.15, -0.1) is 5.10 Å². The molecule has 0 aliphatic heterocycles. The molecule has 27 heavy (non-hydrogen) atoms. The molecule has 0 unspecified atom stereocenters.